The van der Waals surface area contributed by atoms with E-state index in [1.807, 2.05) is 12.1 Å². The Morgan fingerprint density at radius 3 is 1.93 bits per heavy atom. The van der Waals surface area contributed by atoms with Crippen molar-refractivity contribution in [3.63, 3.8) is 0 Å². The molecule has 218 valence electrons. The number of nitrogens with one attached hydrogen (secondary N) is 1. The molecule has 0 saturated carbocycles. The molecule has 41 heavy (non-hydrogen) atoms. The number of aliphatic carboxylic acids is 2. The van der Waals surface area contributed by atoms with E-state index in [1.54, 1.807) is 23.1 Å². The number of ether oxygens (including phenoxy) is 4. The number of fused-ring (bicyclic) bond motifs is 2. The van der Waals surface area contributed by atoms with E-state index in [2.05, 4.69) is 4.98 Å². The summed E-state index contributed by atoms with van der Waals surface area (Å²) < 4.78 is 22.8. The number of carbonyl (C=O) groups excluding carboxylic acids is 2. The zero-order chi connectivity index (χ0) is 29.5. The summed E-state index contributed by atoms with van der Waals surface area (Å²) in [5.41, 5.74) is 2.85. The molecule has 1 aromatic heterocycles. The zero-order valence-corrected chi connectivity index (χ0v) is 22.9. The van der Waals surface area contributed by atoms with Crippen LogP contribution < -0.4 is 18.9 Å². The van der Waals surface area contributed by atoms with Crippen molar-refractivity contribution in [1.29, 1.82) is 0 Å². The molecule has 3 N–H and O–H groups in total. The van der Waals surface area contributed by atoms with Gasteiger partial charge in [0.25, 0.3) is 0 Å². The summed E-state index contributed by atoms with van der Waals surface area (Å²) in [6.45, 7) is 1.41. The van der Waals surface area contributed by atoms with E-state index in [0.717, 1.165) is 16.5 Å². The van der Waals surface area contributed by atoms with Gasteiger partial charge in [-0.2, -0.15) is 0 Å². The molecule has 12 heteroatoms. The fourth-order valence-corrected chi connectivity index (χ4v) is 4.57. The minimum Gasteiger partial charge on any atom is -0.493 e. The maximum Gasteiger partial charge on any atom is 0.303 e. The molecule has 0 saturated heterocycles. The minimum atomic E-state index is -1.03. The van der Waals surface area contributed by atoms with Crippen LogP contribution in [0, 0.1) is 0 Å². The summed E-state index contributed by atoms with van der Waals surface area (Å²) in [5, 5.41) is 18.4. The summed E-state index contributed by atoms with van der Waals surface area (Å²) in [5.74, 6) is -0.485. The number of rotatable bonds is 15. The van der Waals surface area contributed by atoms with Gasteiger partial charge in [-0.3, -0.25) is 19.2 Å². The molecule has 0 unspecified atom stereocenters. The highest BCUT2D eigenvalue weighted by Crippen LogP contribution is 2.36. The van der Waals surface area contributed by atoms with Crippen molar-refractivity contribution in [3.8, 4) is 23.0 Å². The monoisotopic (exact) mass is 568 g/mol. The second-order valence-electron chi connectivity index (χ2n) is 9.56. The molecule has 0 radical (unpaired) electrons. The third-order valence-corrected chi connectivity index (χ3v) is 6.69. The number of carboxylic acid groups (broad SMARTS) is 2. The van der Waals surface area contributed by atoms with Crippen molar-refractivity contribution in [2.75, 3.05) is 27.4 Å². The average Bonchev–Trinajstić information content (AvgIpc) is 3.56. The summed E-state index contributed by atoms with van der Waals surface area (Å²) in [6, 6.07) is 8.82. The Labute approximate surface area is 235 Å². The molecule has 3 aromatic rings. The molecule has 4 rings (SSSR count). The van der Waals surface area contributed by atoms with Gasteiger partial charge in [0.15, 0.2) is 28.8 Å². The molecule has 1 amide bonds. The first-order valence-corrected chi connectivity index (χ1v) is 13.1. The van der Waals surface area contributed by atoms with Crippen LogP contribution in [-0.4, -0.2) is 71.2 Å². The number of hydrogen-bond donors (Lipinski definition) is 3. The second-order valence-corrected chi connectivity index (χ2v) is 9.56. The Hall–Kier alpha value is -4.74. The quantitative estimate of drug-likeness (QED) is 0.181. The normalized spacial score (nSPS) is 12.2. The van der Waals surface area contributed by atoms with E-state index in [0.29, 0.717) is 66.9 Å². The Balaban J connectivity index is 1.33. The van der Waals surface area contributed by atoms with E-state index >= 15 is 0 Å². The zero-order valence-electron chi connectivity index (χ0n) is 22.9. The Morgan fingerprint density at radius 1 is 0.756 bits per heavy atom. The SMILES string of the molecule is COc1cc2c(cc1OCCCOc1cc3cc(C(=O)CCC(=O)O)[nH]c3cc1OC)CN(C(=O)CCC(=O)O)C2. The Kier molecular flexibility index (Phi) is 9.33. The van der Waals surface area contributed by atoms with Crippen LogP contribution in [-0.2, 0) is 27.5 Å². The first kappa shape index (κ1) is 29.2. The number of aromatic nitrogens is 1. The molecule has 0 aliphatic carbocycles. The van der Waals surface area contributed by atoms with E-state index in [1.165, 1.54) is 14.2 Å². The highest BCUT2D eigenvalue weighted by Gasteiger charge is 2.26. The number of Topliss-reactive ketones (excluding diaryl/α,β-unsaturated/α-hetero) is 1. The fraction of sp³-hybridized carbons (Fsp3) is 0.379. The van der Waals surface area contributed by atoms with Gasteiger partial charge in [-0.25, -0.2) is 0 Å². The number of carboxylic acids is 2. The maximum absolute atomic E-state index is 12.4. The van der Waals surface area contributed by atoms with Crippen molar-refractivity contribution in [2.24, 2.45) is 0 Å². The number of H-pyrrole nitrogens is 1. The van der Waals surface area contributed by atoms with Gasteiger partial charge in [-0.1, -0.05) is 0 Å². The molecular weight excluding hydrogens is 536 g/mol. The molecule has 0 spiro atoms. The lowest BCUT2D eigenvalue weighted by Gasteiger charge is -2.14. The maximum atomic E-state index is 12.4. The van der Waals surface area contributed by atoms with Gasteiger partial charge in [0.05, 0.1) is 46.0 Å². The van der Waals surface area contributed by atoms with Gasteiger partial charge >= 0.3 is 11.9 Å². The fourth-order valence-electron chi connectivity index (χ4n) is 4.57. The lowest BCUT2D eigenvalue weighted by atomic mass is 10.1. The average molecular weight is 569 g/mol. The number of hydrogen-bond acceptors (Lipinski definition) is 8. The topological polar surface area (TPSA) is 165 Å². The molecule has 0 atom stereocenters. The molecule has 0 bridgehead atoms. The van der Waals surface area contributed by atoms with Gasteiger partial charge in [0, 0.05) is 49.3 Å². The third-order valence-electron chi connectivity index (χ3n) is 6.69. The summed E-state index contributed by atoms with van der Waals surface area (Å²) >= 11 is 0. The van der Waals surface area contributed by atoms with Crippen LogP contribution in [0.4, 0.5) is 0 Å². The van der Waals surface area contributed by atoms with Gasteiger partial charge in [-0.05, 0) is 35.4 Å². The highest BCUT2D eigenvalue weighted by atomic mass is 16.5. The van der Waals surface area contributed by atoms with E-state index in [9.17, 15) is 19.2 Å². The number of ketones is 1. The summed E-state index contributed by atoms with van der Waals surface area (Å²) in [4.78, 5) is 50.9. The largest absolute Gasteiger partial charge is 0.493 e. The van der Waals surface area contributed by atoms with Gasteiger partial charge in [-0.15, -0.1) is 0 Å². The van der Waals surface area contributed by atoms with Crippen LogP contribution >= 0.6 is 0 Å². The number of nitrogens with zero attached hydrogens (tertiary/aromatic N) is 1. The molecule has 2 heterocycles. The van der Waals surface area contributed by atoms with Crippen LogP contribution in [0.25, 0.3) is 10.9 Å². The Bertz CT molecular complexity index is 1460. The number of methoxy groups -OCH3 is 2. The second kappa shape index (κ2) is 13.1. The van der Waals surface area contributed by atoms with Crippen molar-refractivity contribution in [1.82, 2.24) is 9.88 Å². The number of aromatic amines is 1. The third kappa shape index (κ3) is 7.27. The highest BCUT2D eigenvalue weighted by molar-refractivity contribution is 6.00. The first-order valence-electron chi connectivity index (χ1n) is 13.1. The van der Waals surface area contributed by atoms with E-state index in [-0.39, 0.29) is 37.4 Å². The van der Waals surface area contributed by atoms with E-state index < -0.39 is 11.9 Å². The smallest absolute Gasteiger partial charge is 0.303 e. The van der Waals surface area contributed by atoms with Crippen molar-refractivity contribution in [2.45, 2.75) is 45.2 Å². The van der Waals surface area contributed by atoms with Gasteiger partial charge in [0.1, 0.15) is 0 Å². The predicted molar refractivity (Wildman–Crippen MR) is 146 cm³/mol. The Morgan fingerprint density at radius 2 is 1.32 bits per heavy atom. The summed E-state index contributed by atoms with van der Waals surface area (Å²) in [6.07, 6.45) is -0.0462. The number of amides is 1. The lowest BCUT2D eigenvalue weighted by Crippen LogP contribution is -2.25. The minimum absolute atomic E-state index is 0.0439. The number of benzene rings is 2. The van der Waals surface area contributed by atoms with Gasteiger partial charge < -0.3 is 39.0 Å². The predicted octanol–water partition coefficient (Wildman–Crippen LogP) is 3.79. The molecule has 12 nitrogen and oxygen atoms in total. The molecular formula is C29H32N2O10. The van der Waals surface area contributed by atoms with Crippen molar-refractivity contribution in [3.05, 3.63) is 47.2 Å². The van der Waals surface area contributed by atoms with Crippen molar-refractivity contribution < 1.29 is 48.3 Å². The summed E-state index contributed by atoms with van der Waals surface area (Å²) in [7, 11) is 3.05. The molecule has 1 aliphatic rings. The number of carbonyl (C=O) groups is 4. The van der Waals surface area contributed by atoms with Crippen LogP contribution in [0.2, 0.25) is 0 Å². The molecule has 0 fully saturated rings. The molecule has 1 aliphatic heterocycles. The molecule has 2 aromatic carbocycles. The van der Waals surface area contributed by atoms with Crippen LogP contribution in [0.5, 0.6) is 23.0 Å². The van der Waals surface area contributed by atoms with Crippen LogP contribution in [0.3, 0.4) is 0 Å². The standard InChI is InChI=1S/C29H32N2O10/c1-38-23-12-18-15-31(27(33)5-7-29(36)37)16-19(18)13-26(23)41-9-3-8-40-25-11-17-10-21(22(32)4-6-28(34)35)30-20(17)14-24(25)39-2/h10-14,30H,3-9,15-16H2,1-2H3,(H,34,35)(H,36,37). The van der Waals surface area contributed by atoms with Gasteiger partial charge in [0.2, 0.25) is 5.91 Å². The lowest BCUT2D eigenvalue weighted by molar-refractivity contribution is -0.141. The first-order chi connectivity index (χ1) is 19.7. The van der Waals surface area contributed by atoms with Crippen LogP contribution in [0.15, 0.2) is 30.3 Å². The van der Waals surface area contributed by atoms with Crippen molar-refractivity contribution >= 4 is 34.5 Å². The van der Waals surface area contributed by atoms with Crippen LogP contribution in [0.1, 0.15) is 53.7 Å². The van der Waals surface area contributed by atoms with E-state index in [4.69, 9.17) is 29.2 Å².